The summed E-state index contributed by atoms with van der Waals surface area (Å²) in [6.07, 6.45) is 0. The second-order valence-corrected chi connectivity index (χ2v) is 9.52. The minimum absolute atomic E-state index is 0.0811. The number of thiazole rings is 1. The van der Waals surface area contributed by atoms with E-state index in [0.29, 0.717) is 5.02 Å². The molecule has 0 saturated carbocycles. The van der Waals surface area contributed by atoms with Crippen molar-refractivity contribution in [3.8, 4) is 9.88 Å². The standard InChI is InChI=1S/C15H12Cl2N2O2S3/c1-9-14(23-15(19-9)13-3-2-6-22-13)8-18-24(20,21)10-4-5-11(16)12(17)7-10/h2-7,18H,8H2,1H3. The fourth-order valence-corrected chi connectivity index (χ4v) is 5.26. The lowest BCUT2D eigenvalue weighted by molar-refractivity contribution is 0.581. The van der Waals surface area contributed by atoms with Crippen LogP contribution in [0.1, 0.15) is 10.6 Å². The maximum Gasteiger partial charge on any atom is 0.240 e. The second-order valence-electron chi connectivity index (χ2n) is 4.91. The molecule has 1 aromatic carbocycles. The van der Waals surface area contributed by atoms with Gasteiger partial charge in [-0.05, 0) is 36.6 Å². The van der Waals surface area contributed by atoms with E-state index in [1.165, 1.54) is 29.5 Å². The van der Waals surface area contributed by atoms with Crippen LogP contribution in [0.5, 0.6) is 0 Å². The van der Waals surface area contributed by atoms with Crippen LogP contribution in [0.2, 0.25) is 10.0 Å². The van der Waals surface area contributed by atoms with E-state index in [4.69, 9.17) is 23.2 Å². The zero-order valence-electron chi connectivity index (χ0n) is 12.4. The molecule has 2 aromatic heterocycles. The monoisotopic (exact) mass is 418 g/mol. The average molecular weight is 419 g/mol. The molecule has 0 unspecified atom stereocenters. The summed E-state index contributed by atoms with van der Waals surface area (Å²) >= 11 is 14.8. The molecule has 0 bridgehead atoms. The summed E-state index contributed by atoms with van der Waals surface area (Å²) in [5.41, 5.74) is 0.820. The van der Waals surface area contributed by atoms with Crippen LogP contribution in [0.4, 0.5) is 0 Å². The van der Waals surface area contributed by atoms with E-state index in [-0.39, 0.29) is 16.5 Å². The Morgan fingerprint density at radius 1 is 1.21 bits per heavy atom. The molecule has 0 aliphatic carbocycles. The van der Waals surface area contributed by atoms with Crippen molar-refractivity contribution < 1.29 is 8.42 Å². The summed E-state index contributed by atoms with van der Waals surface area (Å²) in [6, 6.07) is 8.18. The van der Waals surface area contributed by atoms with Crippen LogP contribution in [-0.4, -0.2) is 13.4 Å². The first-order valence-electron chi connectivity index (χ1n) is 6.82. The van der Waals surface area contributed by atoms with Crippen LogP contribution < -0.4 is 4.72 Å². The van der Waals surface area contributed by atoms with Gasteiger partial charge in [0.15, 0.2) is 0 Å². The fourth-order valence-electron chi connectivity index (χ4n) is 1.99. The number of halogens is 2. The topological polar surface area (TPSA) is 59.1 Å². The van der Waals surface area contributed by atoms with Gasteiger partial charge in [0.05, 0.1) is 25.5 Å². The Labute approximate surface area is 158 Å². The Kier molecular flexibility index (Phi) is 5.29. The van der Waals surface area contributed by atoms with Crippen LogP contribution in [0.25, 0.3) is 9.88 Å². The van der Waals surface area contributed by atoms with Gasteiger partial charge in [0.1, 0.15) is 5.01 Å². The molecule has 0 aliphatic rings. The molecule has 24 heavy (non-hydrogen) atoms. The Hall–Kier alpha value is -0.960. The predicted octanol–water partition coefficient (Wildman–Crippen LogP) is 4.97. The molecule has 0 spiro atoms. The molecule has 0 aliphatic heterocycles. The van der Waals surface area contributed by atoms with E-state index in [2.05, 4.69) is 9.71 Å². The molecule has 3 aromatic rings. The van der Waals surface area contributed by atoms with Gasteiger partial charge in [-0.15, -0.1) is 22.7 Å². The molecular formula is C15H12Cl2N2O2S3. The number of benzene rings is 1. The van der Waals surface area contributed by atoms with Crippen molar-refractivity contribution in [1.82, 2.24) is 9.71 Å². The molecule has 126 valence electrons. The van der Waals surface area contributed by atoms with Crippen LogP contribution in [0.15, 0.2) is 40.6 Å². The third-order valence-corrected chi connectivity index (χ3v) is 7.58. The van der Waals surface area contributed by atoms with Gasteiger partial charge in [-0.1, -0.05) is 29.3 Å². The molecule has 0 fully saturated rings. The first-order chi connectivity index (χ1) is 11.4. The fraction of sp³-hybridized carbons (Fsp3) is 0.133. The third kappa shape index (κ3) is 3.82. The molecule has 0 radical (unpaired) electrons. The van der Waals surface area contributed by atoms with E-state index >= 15 is 0 Å². The zero-order chi connectivity index (χ0) is 17.3. The first-order valence-corrected chi connectivity index (χ1v) is 10.8. The number of nitrogens with one attached hydrogen (secondary N) is 1. The number of rotatable bonds is 5. The number of hydrogen-bond acceptors (Lipinski definition) is 5. The van der Waals surface area contributed by atoms with Gasteiger partial charge in [-0.3, -0.25) is 0 Å². The molecule has 0 atom stereocenters. The lowest BCUT2D eigenvalue weighted by atomic mass is 10.4. The number of aryl methyl sites for hydroxylation is 1. The lowest BCUT2D eigenvalue weighted by Gasteiger charge is -2.07. The van der Waals surface area contributed by atoms with Crippen LogP contribution >= 0.6 is 45.9 Å². The zero-order valence-corrected chi connectivity index (χ0v) is 16.4. The van der Waals surface area contributed by atoms with E-state index in [1.54, 1.807) is 11.3 Å². The molecule has 1 N–H and O–H groups in total. The molecule has 0 saturated heterocycles. The van der Waals surface area contributed by atoms with Crippen molar-refractivity contribution in [1.29, 1.82) is 0 Å². The van der Waals surface area contributed by atoms with Gasteiger partial charge in [0.25, 0.3) is 0 Å². The SMILES string of the molecule is Cc1nc(-c2cccs2)sc1CNS(=O)(=O)c1ccc(Cl)c(Cl)c1. The molecule has 3 rings (SSSR count). The molecule has 0 amide bonds. The maximum atomic E-state index is 12.4. The van der Waals surface area contributed by atoms with Gasteiger partial charge < -0.3 is 0 Å². The molecule has 2 heterocycles. The van der Waals surface area contributed by atoms with Gasteiger partial charge in [-0.2, -0.15) is 0 Å². The summed E-state index contributed by atoms with van der Waals surface area (Å²) in [4.78, 5) is 6.54. The highest BCUT2D eigenvalue weighted by molar-refractivity contribution is 7.89. The molecule has 9 heteroatoms. The number of aromatic nitrogens is 1. The highest BCUT2D eigenvalue weighted by atomic mass is 35.5. The van der Waals surface area contributed by atoms with E-state index in [9.17, 15) is 8.42 Å². The van der Waals surface area contributed by atoms with Gasteiger partial charge in [-0.25, -0.2) is 18.1 Å². The minimum Gasteiger partial charge on any atom is -0.240 e. The Morgan fingerprint density at radius 3 is 2.67 bits per heavy atom. The highest BCUT2D eigenvalue weighted by Crippen LogP contribution is 2.31. The van der Waals surface area contributed by atoms with Crippen molar-refractivity contribution in [2.75, 3.05) is 0 Å². The van der Waals surface area contributed by atoms with Crippen LogP contribution in [0.3, 0.4) is 0 Å². The van der Waals surface area contributed by atoms with E-state index in [0.717, 1.165) is 20.5 Å². The second kappa shape index (κ2) is 7.11. The largest absolute Gasteiger partial charge is 0.240 e. The third-order valence-electron chi connectivity index (χ3n) is 3.25. The summed E-state index contributed by atoms with van der Waals surface area (Å²) < 4.78 is 27.4. The summed E-state index contributed by atoms with van der Waals surface area (Å²) in [5, 5.41) is 3.40. The maximum absolute atomic E-state index is 12.4. The van der Waals surface area contributed by atoms with Crippen molar-refractivity contribution in [2.45, 2.75) is 18.4 Å². The Morgan fingerprint density at radius 2 is 2.00 bits per heavy atom. The summed E-state index contributed by atoms with van der Waals surface area (Å²) in [6.45, 7) is 2.05. The van der Waals surface area contributed by atoms with Crippen LogP contribution in [0, 0.1) is 6.92 Å². The highest BCUT2D eigenvalue weighted by Gasteiger charge is 2.17. The van der Waals surface area contributed by atoms with Crippen molar-refractivity contribution in [3.05, 3.63) is 56.3 Å². The van der Waals surface area contributed by atoms with E-state index < -0.39 is 10.0 Å². The smallest absolute Gasteiger partial charge is 0.240 e. The van der Waals surface area contributed by atoms with Gasteiger partial charge in [0, 0.05) is 11.4 Å². The quantitative estimate of drug-likeness (QED) is 0.636. The van der Waals surface area contributed by atoms with Gasteiger partial charge in [0.2, 0.25) is 10.0 Å². The minimum atomic E-state index is -3.67. The number of sulfonamides is 1. The van der Waals surface area contributed by atoms with Crippen molar-refractivity contribution in [3.63, 3.8) is 0 Å². The Balaban J connectivity index is 1.78. The number of nitrogens with zero attached hydrogens (tertiary/aromatic N) is 1. The predicted molar refractivity (Wildman–Crippen MR) is 101 cm³/mol. The van der Waals surface area contributed by atoms with Gasteiger partial charge >= 0.3 is 0 Å². The Bertz CT molecular complexity index is 967. The summed E-state index contributed by atoms with van der Waals surface area (Å²) in [7, 11) is -3.67. The first kappa shape index (κ1) is 17.8. The van der Waals surface area contributed by atoms with E-state index in [1.807, 2.05) is 24.4 Å². The molecule has 4 nitrogen and oxygen atoms in total. The summed E-state index contributed by atoms with van der Waals surface area (Å²) in [5.74, 6) is 0. The van der Waals surface area contributed by atoms with Crippen molar-refractivity contribution >= 4 is 55.9 Å². The normalized spacial score (nSPS) is 11.8. The molecular weight excluding hydrogens is 407 g/mol. The number of hydrogen-bond donors (Lipinski definition) is 1. The lowest BCUT2D eigenvalue weighted by Crippen LogP contribution is -2.23. The van der Waals surface area contributed by atoms with Crippen molar-refractivity contribution in [2.24, 2.45) is 0 Å². The number of thiophene rings is 1. The average Bonchev–Trinajstić information content (AvgIpc) is 3.17. The van der Waals surface area contributed by atoms with Crippen LogP contribution in [-0.2, 0) is 16.6 Å².